The van der Waals surface area contributed by atoms with Crippen molar-refractivity contribution < 1.29 is 4.52 Å². The zero-order chi connectivity index (χ0) is 14.9. The molecule has 0 spiro atoms. The Morgan fingerprint density at radius 3 is 2.57 bits per heavy atom. The molecule has 0 amide bonds. The normalized spacial score (nSPS) is 17.7. The van der Waals surface area contributed by atoms with Crippen molar-refractivity contribution in [1.29, 1.82) is 0 Å². The van der Waals surface area contributed by atoms with Crippen LogP contribution in [0.3, 0.4) is 0 Å². The highest BCUT2D eigenvalue weighted by atomic mass is 16.5. The molecule has 1 aliphatic rings. The topological polar surface area (TPSA) is 54.2 Å². The maximum Gasteiger partial charge on any atom is 0.266 e. The van der Waals surface area contributed by atoms with Crippen molar-refractivity contribution in [3.05, 3.63) is 5.89 Å². The second kappa shape index (κ2) is 9.03. The van der Waals surface area contributed by atoms with Gasteiger partial charge < -0.3 is 14.7 Å². The van der Waals surface area contributed by atoms with E-state index in [-0.39, 0.29) is 0 Å². The molecule has 1 aromatic heterocycles. The van der Waals surface area contributed by atoms with E-state index in [4.69, 9.17) is 4.52 Å². The third-order valence-electron chi connectivity index (χ3n) is 4.09. The molecule has 0 aromatic carbocycles. The number of nitrogens with zero attached hydrogens (tertiary/aromatic N) is 3. The Kier molecular flexibility index (Phi) is 7.00. The molecular formula is C16H30N4O. The molecule has 0 radical (unpaired) electrons. The molecular weight excluding hydrogens is 264 g/mol. The minimum Gasteiger partial charge on any atom is -0.338 e. The average molecular weight is 294 g/mol. The van der Waals surface area contributed by atoms with Crippen LogP contribution in [0, 0.1) is 0 Å². The van der Waals surface area contributed by atoms with Gasteiger partial charge in [0.2, 0.25) is 5.89 Å². The summed E-state index contributed by atoms with van der Waals surface area (Å²) in [5.74, 6) is 1.56. The highest BCUT2D eigenvalue weighted by Gasteiger charge is 2.18. The first-order chi connectivity index (χ1) is 10.3. The van der Waals surface area contributed by atoms with Gasteiger partial charge in [-0.2, -0.15) is 4.98 Å². The second-order valence-electron chi connectivity index (χ2n) is 6.03. The van der Waals surface area contributed by atoms with Gasteiger partial charge in [-0.25, -0.2) is 0 Å². The lowest BCUT2D eigenvalue weighted by molar-refractivity contribution is 0.349. The summed E-state index contributed by atoms with van der Waals surface area (Å²) in [6.07, 6.45) is 9.44. The first kappa shape index (κ1) is 16.3. The summed E-state index contributed by atoms with van der Waals surface area (Å²) >= 11 is 0. The SMILES string of the molecule is CCCNC(CCC)Cc1nc(N2CCCCCC2)no1. The summed E-state index contributed by atoms with van der Waals surface area (Å²) in [5, 5.41) is 7.76. The molecule has 1 fully saturated rings. The molecule has 120 valence electrons. The van der Waals surface area contributed by atoms with E-state index < -0.39 is 0 Å². The van der Waals surface area contributed by atoms with E-state index in [1.807, 2.05) is 0 Å². The molecule has 1 atom stereocenters. The molecule has 1 aliphatic heterocycles. The fourth-order valence-electron chi connectivity index (χ4n) is 2.91. The molecule has 0 bridgehead atoms. The van der Waals surface area contributed by atoms with Crippen LogP contribution in [-0.2, 0) is 6.42 Å². The predicted molar refractivity (Wildman–Crippen MR) is 85.7 cm³/mol. The largest absolute Gasteiger partial charge is 0.338 e. The van der Waals surface area contributed by atoms with Crippen LogP contribution < -0.4 is 10.2 Å². The molecule has 21 heavy (non-hydrogen) atoms. The van der Waals surface area contributed by atoms with Crippen LogP contribution in [-0.4, -0.2) is 35.8 Å². The smallest absolute Gasteiger partial charge is 0.266 e. The Morgan fingerprint density at radius 1 is 1.14 bits per heavy atom. The van der Waals surface area contributed by atoms with Crippen LogP contribution in [0.2, 0.25) is 0 Å². The van der Waals surface area contributed by atoms with Crippen molar-refractivity contribution in [2.24, 2.45) is 0 Å². The third-order valence-corrected chi connectivity index (χ3v) is 4.09. The van der Waals surface area contributed by atoms with Crippen molar-refractivity contribution in [3.63, 3.8) is 0 Å². The summed E-state index contributed by atoms with van der Waals surface area (Å²) in [4.78, 5) is 6.89. The van der Waals surface area contributed by atoms with Crippen LogP contribution in [0.25, 0.3) is 0 Å². The highest BCUT2D eigenvalue weighted by molar-refractivity contribution is 5.27. The van der Waals surface area contributed by atoms with Gasteiger partial charge in [-0.3, -0.25) is 0 Å². The van der Waals surface area contributed by atoms with Gasteiger partial charge in [0.05, 0.1) is 0 Å². The number of aromatic nitrogens is 2. The van der Waals surface area contributed by atoms with Gasteiger partial charge in [0, 0.05) is 25.6 Å². The van der Waals surface area contributed by atoms with E-state index in [9.17, 15) is 0 Å². The van der Waals surface area contributed by atoms with Gasteiger partial charge in [-0.15, -0.1) is 0 Å². The van der Waals surface area contributed by atoms with Gasteiger partial charge >= 0.3 is 0 Å². The Labute approximate surface area is 128 Å². The van der Waals surface area contributed by atoms with Gasteiger partial charge in [0.25, 0.3) is 5.95 Å². The number of nitrogens with one attached hydrogen (secondary N) is 1. The standard InChI is InChI=1S/C16H30N4O/c1-3-9-14(17-10-4-2)13-15-18-16(19-21-15)20-11-7-5-6-8-12-20/h14,17H,3-13H2,1-2H3. The lowest BCUT2D eigenvalue weighted by Crippen LogP contribution is -2.31. The second-order valence-corrected chi connectivity index (χ2v) is 6.03. The molecule has 0 aliphatic carbocycles. The summed E-state index contributed by atoms with van der Waals surface area (Å²) in [6, 6.07) is 0.451. The quantitative estimate of drug-likeness (QED) is 0.798. The van der Waals surface area contributed by atoms with Crippen molar-refractivity contribution >= 4 is 5.95 Å². The van der Waals surface area contributed by atoms with Crippen LogP contribution in [0.15, 0.2) is 4.52 Å². The van der Waals surface area contributed by atoms with Gasteiger partial charge in [-0.05, 0) is 37.4 Å². The molecule has 1 unspecified atom stereocenters. The van der Waals surface area contributed by atoms with E-state index in [0.29, 0.717) is 6.04 Å². The Bertz CT molecular complexity index is 385. The molecule has 1 N–H and O–H groups in total. The maximum absolute atomic E-state index is 5.47. The summed E-state index contributed by atoms with van der Waals surface area (Å²) in [5.41, 5.74) is 0. The molecule has 2 heterocycles. The van der Waals surface area contributed by atoms with E-state index >= 15 is 0 Å². The fourth-order valence-corrected chi connectivity index (χ4v) is 2.91. The van der Waals surface area contributed by atoms with E-state index in [1.165, 1.54) is 32.1 Å². The molecule has 1 aromatic rings. The summed E-state index contributed by atoms with van der Waals surface area (Å²) < 4.78 is 5.47. The van der Waals surface area contributed by atoms with Crippen LogP contribution in [0.4, 0.5) is 5.95 Å². The van der Waals surface area contributed by atoms with E-state index in [2.05, 4.69) is 34.2 Å². The van der Waals surface area contributed by atoms with Crippen LogP contribution in [0.5, 0.6) is 0 Å². The van der Waals surface area contributed by atoms with Crippen molar-refractivity contribution in [1.82, 2.24) is 15.5 Å². The van der Waals surface area contributed by atoms with Gasteiger partial charge in [0.15, 0.2) is 0 Å². The first-order valence-corrected chi connectivity index (χ1v) is 8.64. The monoisotopic (exact) mass is 294 g/mol. The summed E-state index contributed by atoms with van der Waals surface area (Å²) in [7, 11) is 0. The highest BCUT2D eigenvalue weighted by Crippen LogP contribution is 2.17. The first-order valence-electron chi connectivity index (χ1n) is 8.64. The Hall–Kier alpha value is -1.10. The van der Waals surface area contributed by atoms with Gasteiger partial charge in [-0.1, -0.05) is 33.1 Å². The van der Waals surface area contributed by atoms with Gasteiger partial charge in [0.1, 0.15) is 0 Å². The number of hydrogen-bond acceptors (Lipinski definition) is 5. The zero-order valence-corrected chi connectivity index (χ0v) is 13.6. The fraction of sp³-hybridized carbons (Fsp3) is 0.875. The molecule has 5 heteroatoms. The zero-order valence-electron chi connectivity index (χ0n) is 13.6. The Morgan fingerprint density at radius 2 is 1.90 bits per heavy atom. The number of rotatable bonds is 8. The number of anilines is 1. The van der Waals surface area contributed by atoms with E-state index in [1.54, 1.807) is 0 Å². The predicted octanol–water partition coefficient (Wildman–Crippen LogP) is 3.16. The van der Waals surface area contributed by atoms with E-state index in [0.717, 1.165) is 50.7 Å². The molecule has 1 saturated heterocycles. The van der Waals surface area contributed by atoms with Crippen molar-refractivity contribution in [2.75, 3.05) is 24.5 Å². The molecule has 2 rings (SSSR count). The van der Waals surface area contributed by atoms with Crippen molar-refractivity contribution in [2.45, 2.75) is 71.3 Å². The third kappa shape index (κ3) is 5.30. The minimum absolute atomic E-state index is 0.451. The summed E-state index contributed by atoms with van der Waals surface area (Å²) in [6.45, 7) is 7.59. The number of hydrogen-bond donors (Lipinski definition) is 1. The molecule has 5 nitrogen and oxygen atoms in total. The van der Waals surface area contributed by atoms with Crippen molar-refractivity contribution in [3.8, 4) is 0 Å². The molecule has 0 saturated carbocycles. The van der Waals surface area contributed by atoms with Crippen LogP contribution >= 0.6 is 0 Å². The minimum atomic E-state index is 0.451. The lowest BCUT2D eigenvalue weighted by atomic mass is 10.1. The maximum atomic E-state index is 5.47. The van der Waals surface area contributed by atoms with Crippen LogP contribution in [0.1, 0.15) is 64.7 Å². The Balaban J connectivity index is 1.90. The lowest BCUT2D eigenvalue weighted by Gasteiger charge is -2.17. The average Bonchev–Trinajstić information content (AvgIpc) is 2.78.